The molecule has 0 saturated heterocycles. The van der Waals surface area contributed by atoms with Gasteiger partial charge >= 0.3 is 0 Å². The molecular weight excluding hydrogens is 236 g/mol. The van der Waals surface area contributed by atoms with Crippen LogP contribution in [0, 0.1) is 11.3 Å². The minimum Gasteiger partial charge on any atom is -0.370 e. The van der Waals surface area contributed by atoms with Gasteiger partial charge in [0.15, 0.2) is 0 Å². The fourth-order valence-corrected chi connectivity index (χ4v) is 3.08. The lowest BCUT2D eigenvalue weighted by Gasteiger charge is -2.29. The Kier molecular flexibility index (Phi) is 4.16. The highest BCUT2D eigenvalue weighted by atomic mass is 15.1. The van der Waals surface area contributed by atoms with Gasteiger partial charge in [0, 0.05) is 23.9 Å². The van der Waals surface area contributed by atoms with E-state index in [1.54, 1.807) is 0 Å². The van der Waals surface area contributed by atoms with Crippen LogP contribution >= 0.6 is 0 Å². The minimum atomic E-state index is 0.134. The quantitative estimate of drug-likeness (QED) is 0.800. The number of hydrogen-bond donors (Lipinski definition) is 2. The molecule has 0 radical (unpaired) electrons. The van der Waals surface area contributed by atoms with Crippen molar-refractivity contribution in [3.05, 3.63) is 0 Å². The van der Waals surface area contributed by atoms with Crippen LogP contribution in [0.25, 0.3) is 0 Å². The van der Waals surface area contributed by atoms with Crippen LogP contribution in [-0.2, 0) is 0 Å². The Hall–Kier alpha value is -1.06. The van der Waals surface area contributed by atoms with Gasteiger partial charge in [-0.3, -0.25) is 9.98 Å². The normalized spacial score (nSPS) is 28.5. The summed E-state index contributed by atoms with van der Waals surface area (Å²) in [6.45, 7) is 13.1. The molecule has 2 aliphatic rings. The van der Waals surface area contributed by atoms with Crippen molar-refractivity contribution in [3.63, 3.8) is 0 Å². The Labute approximate surface area is 117 Å². The van der Waals surface area contributed by atoms with E-state index in [0.29, 0.717) is 18.0 Å². The van der Waals surface area contributed by atoms with Gasteiger partial charge in [0.05, 0.1) is 18.9 Å². The number of nitrogens with zero attached hydrogens (tertiary/aromatic N) is 2. The third-order valence-electron chi connectivity index (χ3n) is 3.92. The molecule has 0 bridgehead atoms. The zero-order valence-electron chi connectivity index (χ0n) is 13.0. The average molecular weight is 264 g/mol. The number of rotatable bonds is 5. The molecule has 4 nitrogen and oxygen atoms in total. The van der Waals surface area contributed by atoms with Crippen LogP contribution in [0.5, 0.6) is 0 Å². The van der Waals surface area contributed by atoms with Crippen LogP contribution in [0.2, 0.25) is 0 Å². The van der Waals surface area contributed by atoms with Gasteiger partial charge in [0.2, 0.25) is 0 Å². The molecule has 2 heterocycles. The van der Waals surface area contributed by atoms with E-state index in [1.165, 1.54) is 11.7 Å². The van der Waals surface area contributed by atoms with Gasteiger partial charge in [-0.25, -0.2) is 0 Å². The highest BCUT2D eigenvalue weighted by Gasteiger charge is 2.31. The summed E-state index contributed by atoms with van der Waals surface area (Å²) in [5.41, 5.74) is 0.134. The lowest BCUT2D eigenvalue weighted by Crippen LogP contribution is -2.39. The first-order valence-electron chi connectivity index (χ1n) is 7.48. The number of hydrogen-bond acceptors (Lipinski definition) is 4. The smallest absolute Gasteiger partial charge is 0.102 e. The predicted octanol–water partition coefficient (Wildman–Crippen LogP) is 2.21. The molecule has 0 aliphatic carbocycles. The predicted molar refractivity (Wildman–Crippen MR) is 82.0 cm³/mol. The van der Waals surface area contributed by atoms with Gasteiger partial charge in [-0.05, 0) is 26.2 Å². The van der Waals surface area contributed by atoms with Crippen molar-refractivity contribution in [2.75, 3.05) is 13.1 Å². The summed E-state index contributed by atoms with van der Waals surface area (Å²) < 4.78 is 0. The molecule has 0 aromatic heterocycles. The summed E-state index contributed by atoms with van der Waals surface area (Å²) in [5.74, 6) is 2.99. The molecule has 0 aromatic carbocycles. The highest BCUT2D eigenvalue weighted by molar-refractivity contribution is 5.89. The van der Waals surface area contributed by atoms with E-state index in [4.69, 9.17) is 0 Å². The van der Waals surface area contributed by atoms with Crippen molar-refractivity contribution in [3.8, 4) is 0 Å². The third-order valence-corrected chi connectivity index (χ3v) is 3.92. The van der Waals surface area contributed by atoms with Crippen LogP contribution in [0.15, 0.2) is 9.98 Å². The molecule has 2 N–H and O–H groups in total. The van der Waals surface area contributed by atoms with E-state index in [2.05, 4.69) is 55.2 Å². The molecule has 3 atom stereocenters. The van der Waals surface area contributed by atoms with E-state index >= 15 is 0 Å². The highest BCUT2D eigenvalue weighted by Crippen LogP contribution is 2.30. The second kappa shape index (κ2) is 5.51. The summed E-state index contributed by atoms with van der Waals surface area (Å²) in [6.07, 6.45) is 2.19. The lowest BCUT2D eigenvalue weighted by molar-refractivity contribution is 0.373. The van der Waals surface area contributed by atoms with Crippen molar-refractivity contribution >= 4 is 11.7 Å². The molecule has 4 heteroatoms. The van der Waals surface area contributed by atoms with E-state index in [-0.39, 0.29) is 5.41 Å². The maximum absolute atomic E-state index is 4.64. The molecule has 108 valence electrons. The second-order valence-corrected chi connectivity index (χ2v) is 6.96. The standard InChI is InChI=1S/C15H28N4/c1-10(6-13-16-8-11(2)18-13)7-15(4,5)14-17-9-12(3)19-14/h10-12H,6-9H2,1-5H3,(H,16,18)(H,17,19). The van der Waals surface area contributed by atoms with E-state index in [0.717, 1.165) is 25.9 Å². The number of amidine groups is 2. The Balaban J connectivity index is 1.85. The van der Waals surface area contributed by atoms with Gasteiger partial charge in [-0.1, -0.05) is 20.8 Å². The van der Waals surface area contributed by atoms with Gasteiger partial charge in [0.1, 0.15) is 5.84 Å². The maximum atomic E-state index is 4.64. The first-order valence-corrected chi connectivity index (χ1v) is 7.48. The van der Waals surface area contributed by atoms with Crippen molar-refractivity contribution in [2.24, 2.45) is 21.3 Å². The van der Waals surface area contributed by atoms with Crippen LogP contribution in [0.4, 0.5) is 0 Å². The zero-order valence-corrected chi connectivity index (χ0v) is 13.0. The molecule has 3 unspecified atom stereocenters. The average Bonchev–Trinajstić information content (AvgIpc) is 2.87. The second-order valence-electron chi connectivity index (χ2n) is 6.96. The third kappa shape index (κ3) is 3.71. The summed E-state index contributed by atoms with van der Waals surface area (Å²) in [5, 5.41) is 6.96. The zero-order chi connectivity index (χ0) is 14.0. The summed E-state index contributed by atoms with van der Waals surface area (Å²) in [7, 11) is 0. The molecule has 2 rings (SSSR count). The van der Waals surface area contributed by atoms with Gasteiger partial charge in [0.25, 0.3) is 0 Å². The lowest BCUT2D eigenvalue weighted by atomic mass is 9.81. The van der Waals surface area contributed by atoms with Crippen molar-refractivity contribution in [1.29, 1.82) is 0 Å². The Morgan fingerprint density at radius 3 is 2.32 bits per heavy atom. The number of aliphatic imine (C=N–C) groups is 2. The first-order chi connectivity index (χ1) is 8.87. The van der Waals surface area contributed by atoms with Gasteiger partial charge in [-0.2, -0.15) is 0 Å². The topological polar surface area (TPSA) is 48.8 Å². The molecule has 19 heavy (non-hydrogen) atoms. The Morgan fingerprint density at radius 2 is 1.79 bits per heavy atom. The Morgan fingerprint density at radius 1 is 1.16 bits per heavy atom. The number of nitrogens with one attached hydrogen (secondary N) is 2. The van der Waals surface area contributed by atoms with Crippen LogP contribution < -0.4 is 10.6 Å². The van der Waals surface area contributed by atoms with E-state index in [1.807, 2.05) is 0 Å². The van der Waals surface area contributed by atoms with E-state index in [9.17, 15) is 0 Å². The van der Waals surface area contributed by atoms with Crippen LogP contribution in [0.1, 0.15) is 47.5 Å². The molecule has 0 saturated carbocycles. The van der Waals surface area contributed by atoms with Crippen LogP contribution in [0.3, 0.4) is 0 Å². The molecular formula is C15H28N4. The first kappa shape index (κ1) is 14.4. The Bertz CT molecular complexity index is 384. The monoisotopic (exact) mass is 264 g/mol. The maximum Gasteiger partial charge on any atom is 0.102 e. The van der Waals surface area contributed by atoms with Gasteiger partial charge < -0.3 is 10.6 Å². The fraction of sp³-hybridized carbons (Fsp3) is 0.867. The molecule has 0 fully saturated rings. The van der Waals surface area contributed by atoms with E-state index < -0.39 is 0 Å². The van der Waals surface area contributed by atoms with Crippen molar-refractivity contribution in [1.82, 2.24) is 10.6 Å². The SMILES string of the molecule is CC(CC1=NCC(C)N1)CC(C)(C)C1=NCC(C)N1. The minimum absolute atomic E-state index is 0.134. The van der Waals surface area contributed by atoms with Gasteiger partial charge in [-0.15, -0.1) is 0 Å². The molecule has 2 aliphatic heterocycles. The summed E-state index contributed by atoms with van der Waals surface area (Å²) >= 11 is 0. The van der Waals surface area contributed by atoms with Crippen molar-refractivity contribution < 1.29 is 0 Å². The summed E-state index contributed by atoms with van der Waals surface area (Å²) in [6, 6.07) is 1.00. The fourth-order valence-electron chi connectivity index (χ4n) is 3.08. The largest absolute Gasteiger partial charge is 0.370 e. The summed E-state index contributed by atoms with van der Waals surface area (Å²) in [4.78, 5) is 9.20. The molecule has 0 aromatic rings. The van der Waals surface area contributed by atoms with Crippen molar-refractivity contribution in [2.45, 2.75) is 59.5 Å². The molecule has 0 spiro atoms. The van der Waals surface area contributed by atoms with Crippen LogP contribution in [-0.4, -0.2) is 36.8 Å². The molecule has 0 amide bonds.